The highest BCUT2D eigenvalue weighted by molar-refractivity contribution is 5.86. The molecule has 0 aromatic rings. The SMILES string of the molecule is CCCN(CC)C(=O)NC1(C(=O)O)CCOCC1. The monoisotopic (exact) mass is 258 g/mol. The van der Waals surface area contributed by atoms with E-state index in [9.17, 15) is 14.7 Å². The molecular weight excluding hydrogens is 236 g/mol. The maximum Gasteiger partial charge on any atom is 0.329 e. The summed E-state index contributed by atoms with van der Waals surface area (Å²) in [6, 6.07) is -0.302. The molecule has 18 heavy (non-hydrogen) atoms. The number of carbonyl (C=O) groups is 2. The number of carboxylic acid groups (broad SMARTS) is 1. The van der Waals surface area contributed by atoms with E-state index in [0.717, 1.165) is 6.42 Å². The fourth-order valence-corrected chi connectivity index (χ4v) is 2.07. The summed E-state index contributed by atoms with van der Waals surface area (Å²) in [7, 11) is 0. The molecule has 1 saturated heterocycles. The summed E-state index contributed by atoms with van der Waals surface area (Å²) >= 11 is 0. The van der Waals surface area contributed by atoms with Crippen molar-refractivity contribution in [2.24, 2.45) is 0 Å². The van der Waals surface area contributed by atoms with Crippen molar-refractivity contribution >= 4 is 12.0 Å². The topological polar surface area (TPSA) is 78.9 Å². The third-order valence-electron chi connectivity index (χ3n) is 3.26. The second-order valence-corrected chi connectivity index (χ2v) is 4.51. The van der Waals surface area contributed by atoms with Gasteiger partial charge in [0, 0.05) is 39.1 Å². The van der Waals surface area contributed by atoms with Crippen LogP contribution in [0.2, 0.25) is 0 Å². The lowest BCUT2D eigenvalue weighted by Crippen LogP contribution is -2.60. The first kappa shape index (κ1) is 14.8. The molecule has 1 fully saturated rings. The van der Waals surface area contributed by atoms with Crippen LogP contribution in [0.1, 0.15) is 33.1 Å². The van der Waals surface area contributed by atoms with Gasteiger partial charge in [-0.05, 0) is 13.3 Å². The Balaban J connectivity index is 2.71. The lowest BCUT2D eigenvalue weighted by molar-refractivity contribution is -0.148. The standard InChI is InChI=1S/C12H22N2O4/c1-3-7-14(4-2)11(17)13-12(10(15)16)5-8-18-9-6-12/h3-9H2,1-2H3,(H,13,17)(H,15,16). The number of rotatable bonds is 5. The molecule has 6 nitrogen and oxygen atoms in total. The largest absolute Gasteiger partial charge is 0.480 e. The number of ether oxygens (including phenoxy) is 1. The number of urea groups is 1. The number of hydrogen-bond acceptors (Lipinski definition) is 3. The van der Waals surface area contributed by atoms with Crippen LogP contribution in [0.25, 0.3) is 0 Å². The van der Waals surface area contributed by atoms with Crippen LogP contribution in [0.5, 0.6) is 0 Å². The molecule has 0 aromatic carbocycles. The first-order valence-corrected chi connectivity index (χ1v) is 6.44. The Morgan fingerprint density at radius 2 is 1.94 bits per heavy atom. The number of nitrogens with one attached hydrogen (secondary N) is 1. The lowest BCUT2D eigenvalue weighted by Gasteiger charge is -2.35. The summed E-state index contributed by atoms with van der Waals surface area (Å²) < 4.78 is 5.16. The molecule has 1 aliphatic heterocycles. The van der Waals surface area contributed by atoms with Gasteiger partial charge in [0.2, 0.25) is 0 Å². The highest BCUT2D eigenvalue weighted by atomic mass is 16.5. The molecule has 0 radical (unpaired) electrons. The van der Waals surface area contributed by atoms with Crippen molar-refractivity contribution < 1.29 is 19.4 Å². The van der Waals surface area contributed by atoms with Crippen LogP contribution in [0.3, 0.4) is 0 Å². The minimum Gasteiger partial charge on any atom is -0.480 e. The maximum atomic E-state index is 12.1. The third kappa shape index (κ3) is 3.35. The number of aliphatic carboxylic acids is 1. The summed E-state index contributed by atoms with van der Waals surface area (Å²) in [5.74, 6) is -0.980. The molecule has 0 aromatic heterocycles. The van der Waals surface area contributed by atoms with Crippen molar-refractivity contribution in [3.05, 3.63) is 0 Å². The summed E-state index contributed by atoms with van der Waals surface area (Å²) in [6.07, 6.45) is 1.49. The van der Waals surface area contributed by atoms with Crippen LogP contribution in [0.15, 0.2) is 0 Å². The van der Waals surface area contributed by atoms with Crippen LogP contribution in [0, 0.1) is 0 Å². The highest BCUT2D eigenvalue weighted by Gasteiger charge is 2.42. The minimum atomic E-state index is -1.17. The van der Waals surface area contributed by atoms with Crippen LogP contribution in [-0.4, -0.2) is 53.8 Å². The summed E-state index contributed by atoms with van der Waals surface area (Å²) in [5, 5.41) is 12.0. The summed E-state index contributed by atoms with van der Waals surface area (Å²) in [6.45, 7) is 5.81. The van der Waals surface area contributed by atoms with Gasteiger partial charge in [0.05, 0.1) is 0 Å². The van der Waals surface area contributed by atoms with E-state index in [4.69, 9.17) is 4.74 Å². The van der Waals surface area contributed by atoms with Gasteiger partial charge >= 0.3 is 12.0 Å². The molecule has 1 aliphatic rings. The van der Waals surface area contributed by atoms with E-state index in [0.29, 0.717) is 39.1 Å². The second kappa shape index (κ2) is 6.58. The Hall–Kier alpha value is -1.30. The Morgan fingerprint density at radius 3 is 2.39 bits per heavy atom. The molecular formula is C12H22N2O4. The van der Waals surface area contributed by atoms with Crippen molar-refractivity contribution in [2.45, 2.75) is 38.6 Å². The van der Waals surface area contributed by atoms with E-state index in [1.54, 1.807) is 4.90 Å². The molecule has 2 amide bonds. The smallest absolute Gasteiger partial charge is 0.329 e. The van der Waals surface area contributed by atoms with Crippen molar-refractivity contribution in [3.8, 4) is 0 Å². The van der Waals surface area contributed by atoms with Gasteiger partial charge in [0.1, 0.15) is 5.54 Å². The van der Waals surface area contributed by atoms with Crippen LogP contribution < -0.4 is 5.32 Å². The fourth-order valence-electron chi connectivity index (χ4n) is 2.07. The normalized spacial score (nSPS) is 18.1. The average molecular weight is 258 g/mol. The average Bonchev–Trinajstić information content (AvgIpc) is 2.36. The van der Waals surface area contributed by atoms with Crippen LogP contribution >= 0.6 is 0 Å². The van der Waals surface area contributed by atoms with E-state index >= 15 is 0 Å². The van der Waals surface area contributed by atoms with Gasteiger partial charge in [-0.25, -0.2) is 9.59 Å². The Bertz CT molecular complexity index is 300. The summed E-state index contributed by atoms with van der Waals surface area (Å²) in [5.41, 5.74) is -1.17. The number of carboxylic acids is 1. The van der Waals surface area contributed by atoms with Gasteiger partial charge in [-0.1, -0.05) is 6.92 Å². The van der Waals surface area contributed by atoms with Gasteiger partial charge in [-0.3, -0.25) is 0 Å². The van der Waals surface area contributed by atoms with E-state index in [1.165, 1.54) is 0 Å². The van der Waals surface area contributed by atoms with Crippen molar-refractivity contribution in [2.75, 3.05) is 26.3 Å². The molecule has 0 atom stereocenters. The van der Waals surface area contributed by atoms with Crippen LogP contribution in [0.4, 0.5) is 4.79 Å². The molecule has 2 N–H and O–H groups in total. The molecule has 0 spiro atoms. The van der Waals surface area contributed by atoms with Crippen molar-refractivity contribution in [3.63, 3.8) is 0 Å². The van der Waals surface area contributed by atoms with Crippen molar-refractivity contribution in [1.82, 2.24) is 10.2 Å². The Morgan fingerprint density at radius 1 is 1.33 bits per heavy atom. The first-order valence-electron chi connectivity index (χ1n) is 6.44. The van der Waals surface area contributed by atoms with E-state index < -0.39 is 11.5 Å². The molecule has 0 aliphatic carbocycles. The van der Waals surface area contributed by atoms with Crippen LogP contribution in [-0.2, 0) is 9.53 Å². The molecule has 0 bridgehead atoms. The predicted molar refractivity (Wildman–Crippen MR) is 66.5 cm³/mol. The summed E-state index contributed by atoms with van der Waals surface area (Å²) in [4.78, 5) is 25.1. The molecule has 6 heteroatoms. The predicted octanol–water partition coefficient (Wildman–Crippen LogP) is 1.06. The van der Waals surface area contributed by atoms with Gasteiger partial charge in [-0.15, -0.1) is 0 Å². The van der Waals surface area contributed by atoms with Gasteiger partial charge < -0.3 is 20.1 Å². The lowest BCUT2D eigenvalue weighted by atomic mass is 9.90. The van der Waals surface area contributed by atoms with Gasteiger partial charge in [0.25, 0.3) is 0 Å². The van der Waals surface area contributed by atoms with E-state index in [2.05, 4.69) is 5.32 Å². The fraction of sp³-hybridized carbons (Fsp3) is 0.833. The highest BCUT2D eigenvalue weighted by Crippen LogP contribution is 2.21. The molecule has 104 valence electrons. The number of hydrogen-bond donors (Lipinski definition) is 2. The minimum absolute atomic E-state index is 0.302. The maximum absolute atomic E-state index is 12.1. The quantitative estimate of drug-likeness (QED) is 0.773. The molecule has 1 heterocycles. The van der Waals surface area contributed by atoms with Gasteiger partial charge in [0.15, 0.2) is 0 Å². The zero-order valence-electron chi connectivity index (χ0n) is 11.1. The zero-order valence-corrected chi connectivity index (χ0v) is 11.1. The van der Waals surface area contributed by atoms with E-state index in [-0.39, 0.29) is 6.03 Å². The number of nitrogens with zero attached hydrogens (tertiary/aromatic N) is 1. The Labute approximate surface area is 107 Å². The molecule has 1 rings (SSSR count). The number of amides is 2. The molecule has 0 saturated carbocycles. The number of carbonyl (C=O) groups excluding carboxylic acids is 1. The first-order chi connectivity index (χ1) is 8.55. The zero-order chi connectivity index (χ0) is 13.6. The molecule has 0 unspecified atom stereocenters. The van der Waals surface area contributed by atoms with E-state index in [1.807, 2.05) is 13.8 Å². The Kier molecular flexibility index (Phi) is 5.40. The van der Waals surface area contributed by atoms with Gasteiger partial charge in [-0.2, -0.15) is 0 Å². The van der Waals surface area contributed by atoms with Crippen molar-refractivity contribution in [1.29, 1.82) is 0 Å². The third-order valence-corrected chi connectivity index (χ3v) is 3.26. The second-order valence-electron chi connectivity index (χ2n) is 4.51.